The van der Waals surface area contributed by atoms with Gasteiger partial charge in [0.05, 0.1) is 9.68 Å². The molecule has 0 fully saturated rings. The first-order valence-corrected chi connectivity index (χ1v) is 5.01. The number of hydrogen-bond donors (Lipinski definition) is 2. The van der Waals surface area contributed by atoms with Crippen molar-refractivity contribution in [2.75, 3.05) is 0 Å². The number of nitrogens with two attached hydrogens (primary N) is 1. The van der Waals surface area contributed by atoms with Gasteiger partial charge in [0.15, 0.2) is 0 Å². The van der Waals surface area contributed by atoms with Crippen molar-refractivity contribution >= 4 is 9.68 Å². The maximum absolute atomic E-state index is 5.58. The summed E-state index contributed by atoms with van der Waals surface area (Å²) in [6.07, 6.45) is 1.31. The minimum absolute atomic E-state index is 0.0117. The molecule has 0 aromatic rings. The molecule has 0 saturated heterocycles. The van der Waals surface area contributed by atoms with Crippen molar-refractivity contribution in [3.63, 3.8) is 0 Å². The van der Waals surface area contributed by atoms with Crippen LogP contribution >= 0.6 is 0 Å². The van der Waals surface area contributed by atoms with Crippen LogP contribution in [0.3, 0.4) is 0 Å². The summed E-state index contributed by atoms with van der Waals surface area (Å²) in [5, 5.41) is 0. The van der Waals surface area contributed by atoms with Crippen LogP contribution in [0.4, 0.5) is 0 Å². The smallest absolute Gasteiger partial charge is 0.0931 e. The predicted molar refractivity (Wildman–Crippen MR) is 40.4 cm³/mol. The Morgan fingerprint density at radius 1 is 1.62 bits per heavy atom. The van der Waals surface area contributed by atoms with Gasteiger partial charge in [-0.25, -0.2) is 0 Å². The van der Waals surface area contributed by atoms with Crippen LogP contribution in [0, 0.1) is 0 Å². The first-order valence-electron chi connectivity index (χ1n) is 3.30. The van der Waals surface area contributed by atoms with Crippen molar-refractivity contribution in [1.82, 2.24) is 4.98 Å². The topological polar surface area (TPSA) is 38.0 Å². The van der Waals surface area contributed by atoms with E-state index in [1.54, 1.807) is 0 Å². The maximum Gasteiger partial charge on any atom is 0.0931 e. The van der Waals surface area contributed by atoms with Gasteiger partial charge in [-0.1, -0.05) is 19.9 Å². The molecule has 50 valence electrons. The molecule has 1 atom stereocenters. The average molecular weight is 132 g/mol. The quantitative estimate of drug-likeness (QED) is 0.410. The molecule has 0 aliphatic rings. The second kappa shape index (κ2) is 5.28. The Labute approximate surface area is 53.7 Å². The molecule has 0 rings (SSSR count). The van der Waals surface area contributed by atoms with Crippen molar-refractivity contribution in [3.05, 3.63) is 0 Å². The Kier molecular flexibility index (Phi) is 5.37. The molecule has 3 heteroatoms. The van der Waals surface area contributed by atoms with Crippen molar-refractivity contribution in [2.45, 2.75) is 32.5 Å². The third-order valence-corrected chi connectivity index (χ3v) is 2.41. The van der Waals surface area contributed by atoms with E-state index in [0.29, 0.717) is 0 Å². The second-order valence-corrected chi connectivity index (χ2v) is 3.88. The van der Waals surface area contributed by atoms with Crippen molar-refractivity contribution in [3.8, 4) is 0 Å². The van der Waals surface area contributed by atoms with Gasteiger partial charge < -0.3 is 10.7 Å². The summed E-state index contributed by atoms with van der Waals surface area (Å²) in [6.45, 7) is 4.29. The van der Waals surface area contributed by atoms with Crippen molar-refractivity contribution < 1.29 is 0 Å². The zero-order valence-corrected chi connectivity index (χ0v) is 7.19. The Hall–Kier alpha value is 0.137. The first kappa shape index (κ1) is 8.14. The molecular formula is C5H16N2Si. The minimum atomic E-state index is -0.0117. The molecular weight excluding hydrogens is 116 g/mol. The summed E-state index contributed by atoms with van der Waals surface area (Å²) in [6, 6.07) is 1.30. The number of rotatable bonds is 4. The van der Waals surface area contributed by atoms with Crippen LogP contribution in [-0.4, -0.2) is 15.8 Å². The van der Waals surface area contributed by atoms with E-state index < -0.39 is 0 Å². The number of nitrogens with one attached hydrogen (secondary N) is 1. The molecule has 1 unspecified atom stereocenters. The average Bonchev–Trinajstić information content (AvgIpc) is 1.83. The zero-order valence-electron chi connectivity index (χ0n) is 5.78. The molecule has 0 amide bonds. The van der Waals surface area contributed by atoms with Gasteiger partial charge in [-0.2, -0.15) is 0 Å². The lowest BCUT2D eigenvalue weighted by Gasteiger charge is -2.08. The Morgan fingerprint density at radius 2 is 2.25 bits per heavy atom. The predicted octanol–water partition coefficient (Wildman–Crippen LogP) is -0.207. The SMILES string of the molecule is CC[SiH2]NC(N)CC. The van der Waals surface area contributed by atoms with E-state index in [1.807, 2.05) is 0 Å². The summed E-state index contributed by atoms with van der Waals surface area (Å²) in [4.78, 5) is 3.30. The maximum atomic E-state index is 5.58. The largest absolute Gasteiger partial charge is 0.328 e. The standard InChI is InChI=1S/C5H16N2Si/c1-3-5(6)7-8-4-2/h5,7H,3-4,6,8H2,1-2H3. The van der Waals surface area contributed by atoms with Crippen LogP contribution in [0.25, 0.3) is 0 Å². The summed E-state index contributed by atoms with van der Waals surface area (Å²) in [5.41, 5.74) is 5.58. The lowest BCUT2D eigenvalue weighted by atomic mass is 10.4. The van der Waals surface area contributed by atoms with Gasteiger partial charge in [0, 0.05) is 6.17 Å². The molecule has 0 aromatic heterocycles. The molecule has 2 nitrogen and oxygen atoms in total. The van der Waals surface area contributed by atoms with Crippen molar-refractivity contribution in [2.24, 2.45) is 5.73 Å². The summed E-state index contributed by atoms with van der Waals surface area (Å²) in [7, 11) is -0.0117. The van der Waals surface area contributed by atoms with Crippen LogP contribution in [0.1, 0.15) is 20.3 Å². The third-order valence-electron chi connectivity index (χ3n) is 1.10. The Morgan fingerprint density at radius 3 is 2.62 bits per heavy atom. The summed E-state index contributed by atoms with van der Waals surface area (Å²) >= 11 is 0. The monoisotopic (exact) mass is 132 g/mol. The van der Waals surface area contributed by atoms with Gasteiger partial charge in [0.25, 0.3) is 0 Å². The van der Waals surface area contributed by atoms with E-state index in [4.69, 9.17) is 5.73 Å². The van der Waals surface area contributed by atoms with Gasteiger partial charge in [-0.15, -0.1) is 0 Å². The van der Waals surface area contributed by atoms with Gasteiger partial charge in [0.1, 0.15) is 0 Å². The van der Waals surface area contributed by atoms with Crippen LogP contribution in [-0.2, 0) is 0 Å². The highest BCUT2D eigenvalue weighted by Crippen LogP contribution is 1.78. The molecule has 0 heterocycles. The molecule has 8 heavy (non-hydrogen) atoms. The van der Waals surface area contributed by atoms with Crippen LogP contribution in [0.15, 0.2) is 0 Å². The van der Waals surface area contributed by atoms with Gasteiger partial charge in [0.2, 0.25) is 0 Å². The highest BCUT2D eigenvalue weighted by atomic mass is 28.2. The Balaban J connectivity index is 2.86. The number of hydrogen-bond acceptors (Lipinski definition) is 2. The molecule has 0 radical (unpaired) electrons. The second-order valence-electron chi connectivity index (χ2n) is 1.97. The van der Waals surface area contributed by atoms with E-state index in [2.05, 4.69) is 18.8 Å². The summed E-state index contributed by atoms with van der Waals surface area (Å²) < 4.78 is 0. The summed E-state index contributed by atoms with van der Waals surface area (Å²) in [5.74, 6) is 0. The van der Waals surface area contributed by atoms with Gasteiger partial charge in [-0.05, 0) is 6.42 Å². The fourth-order valence-corrected chi connectivity index (χ4v) is 1.42. The highest BCUT2D eigenvalue weighted by molar-refractivity contribution is 6.31. The normalized spacial score (nSPS) is 15.4. The molecule has 0 spiro atoms. The third kappa shape index (κ3) is 4.30. The van der Waals surface area contributed by atoms with E-state index >= 15 is 0 Å². The van der Waals surface area contributed by atoms with E-state index in [9.17, 15) is 0 Å². The van der Waals surface area contributed by atoms with Crippen LogP contribution in [0.2, 0.25) is 6.04 Å². The molecule has 0 saturated carbocycles. The van der Waals surface area contributed by atoms with E-state index in [1.165, 1.54) is 6.04 Å². The lowest BCUT2D eigenvalue weighted by molar-refractivity contribution is 0.625. The molecule has 0 aromatic carbocycles. The fraction of sp³-hybridized carbons (Fsp3) is 1.00. The zero-order chi connectivity index (χ0) is 6.41. The van der Waals surface area contributed by atoms with Crippen LogP contribution < -0.4 is 10.7 Å². The van der Waals surface area contributed by atoms with E-state index in [-0.39, 0.29) is 15.8 Å². The van der Waals surface area contributed by atoms with Crippen LogP contribution in [0.5, 0.6) is 0 Å². The highest BCUT2D eigenvalue weighted by Gasteiger charge is 1.92. The molecule has 0 bridgehead atoms. The van der Waals surface area contributed by atoms with E-state index in [0.717, 1.165) is 6.42 Å². The lowest BCUT2D eigenvalue weighted by Crippen LogP contribution is -2.38. The fourth-order valence-electron chi connectivity index (χ4n) is 0.474. The van der Waals surface area contributed by atoms with Gasteiger partial charge in [-0.3, -0.25) is 0 Å². The minimum Gasteiger partial charge on any atom is -0.328 e. The first-order chi connectivity index (χ1) is 3.81. The van der Waals surface area contributed by atoms with Gasteiger partial charge >= 0.3 is 0 Å². The Bertz CT molecular complexity index is 49.7. The van der Waals surface area contributed by atoms with Crippen molar-refractivity contribution in [1.29, 1.82) is 0 Å². The molecule has 0 aliphatic heterocycles. The molecule has 0 aliphatic carbocycles. The molecule has 3 N–H and O–H groups in total.